The van der Waals surface area contributed by atoms with Crippen LogP contribution in [0.4, 0.5) is 5.69 Å². The topological polar surface area (TPSA) is 56.8 Å². The number of hydrogen-bond donors (Lipinski definition) is 1. The van der Waals surface area contributed by atoms with Gasteiger partial charge in [-0.3, -0.25) is 4.79 Å². The first kappa shape index (κ1) is 18.6. The van der Waals surface area contributed by atoms with Gasteiger partial charge in [-0.25, -0.2) is 0 Å². The van der Waals surface area contributed by atoms with Gasteiger partial charge in [0.05, 0.1) is 25.5 Å². The van der Waals surface area contributed by atoms with Crippen LogP contribution in [0.3, 0.4) is 0 Å². The summed E-state index contributed by atoms with van der Waals surface area (Å²) in [5.41, 5.74) is 1.14. The molecule has 0 aliphatic carbocycles. The molecule has 0 fully saturated rings. The van der Waals surface area contributed by atoms with E-state index in [1.54, 1.807) is 18.2 Å². The molecule has 0 spiro atoms. The lowest BCUT2D eigenvalue weighted by molar-refractivity contribution is 0.102. The SMILES string of the molecule is CCCOc1ccc(C(=O)Nc2ccccc2OCC)cc1OCC. The summed E-state index contributed by atoms with van der Waals surface area (Å²) in [7, 11) is 0. The van der Waals surface area contributed by atoms with Crippen molar-refractivity contribution < 1.29 is 19.0 Å². The molecule has 5 heteroatoms. The standard InChI is InChI=1S/C20H25NO4/c1-4-13-25-18-12-11-15(14-19(18)24-6-3)20(22)21-16-9-7-8-10-17(16)23-5-2/h7-12,14H,4-6,13H2,1-3H3,(H,21,22). The highest BCUT2D eigenvalue weighted by molar-refractivity contribution is 6.05. The van der Waals surface area contributed by atoms with Gasteiger partial charge in [-0.15, -0.1) is 0 Å². The summed E-state index contributed by atoms with van der Waals surface area (Å²) >= 11 is 0. The summed E-state index contributed by atoms with van der Waals surface area (Å²) in [4.78, 5) is 12.6. The van der Waals surface area contributed by atoms with Crippen molar-refractivity contribution in [1.82, 2.24) is 0 Å². The van der Waals surface area contributed by atoms with E-state index in [0.717, 1.165) is 6.42 Å². The van der Waals surface area contributed by atoms with E-state index in [1.165, 1.54) is 0 Å². The fraction of sp³-hybridized carbons (Fsp3) is 0.350. The average Bonchev–Trinajstić information content (AvgIpc) is 2.62. The van der Waals surface area contributed by atoms with Crippen LogP contribution < -0.4 is 19.5 Å². The summed E-state index contributed by atoms with van der Waals surface area (Å²) < 4.78 is 16.8. The first-order valence-electron chi connectivity index (χ1n) is 8.62. The zero-order chi connectivity index (χ0) is 18.1. The summed E-state index contributed by atoms with van der Waals surface area (Å²) in [6.07, 6.45) is 0.905. The number of anilines is 1. The predicted molar refractivity (Wildman–Crippen MR) is 99.0 cm³/mol. The number of carbonyl (C=O) groups excluding carboxylic acids is 1. The van der Waals surface area contributed by atoms with Crippen molar-refractivity contribution in [2.75, 3.05) is 25.1 Å². The predicted octanol–water partition coefficient (Wildman–Crippen LogP) is 4.53. The van der Waals surface area contributed by atoms with E-state index in [2.05, 4.69) is 5.32 Å². The van der Waals surface area contributed by atoms with Crippen LogP contribution in [0.25, 0.3) is 0 Å². The van der Waals surface area contributed by atoms with E-state index in [1.807, 2.05) is 45.0 Å². The molecule has 0 aliphatic heterocycles. The van der Waals surface area contributed by atoms with Crippen molar-refractivity contribution in [1.29, 1.82) is 0 Å². The Morgan fingerprint density at radius 1 is 0.880 bits per heavy atom. The van der Waals surface area contributed by atoms with Gasteiger partial charge < -0.3 is 19.5 Å². The van der Waals surface area contributed by atoms with Gasteiger partial charge in [0.15, 0.2) is 11.5 Å². The van der Waals surface area contributed by atoms with Crippen molar-refractivity contribution in [3.05, 3.63) is 48.0 Å². The molecule has 0 bridgehead atoms. The van der Waals surface area contributed by atoms with E-state index in [9.17, 15) is 4.79 Å². The summed E-state index contributed by atoms with van der Waals surface area (Å²) in [5.74, 6) is 1.64. The highest BCUT2D eigenvalue weighted by Gasteiger charge is 2.13. The zero-order valence-electron chi connectivity index (χ0n) is 15.0. The smallest absolute Gasteiger partial charge is 0.255 e. The van der Waals surface area contributed by atoms with Gasteiger partial charge in [0.1, 0.15) is 5.75 Å². The molecule has 0 radical (unpaired) electrons. The molecule has 0 atom stereocenters. The molecule has 0 saturated carbocycles. The van der Waals surface area contributed by atoms with E-state index in [-0.39, 0.29) is 5.91 Å². The van der Waals surface area contributed by atoms with Crippen LogP contribution in [0.1, 0.15) is 37.6 Å². The summed E-state index contributed by atoms with van der Waals surface area (Å²) in [6.45, 7) is 7.48. The normalized spacial score (nSPS) is 10.2. The molecule has 2 aromatic rings. The Labute approximate surface area is 148 Å². The highest BCUT2D eigenvalue weighted by atomic mass is 16.5. The van der Waals surface area contributed by atoms with Gasteiger partial charge in [0, 0.05) is 5.56 Å². The number of hydrogen-bond acceptors (Lipinski definition) is 4. The quantitative estimate of drug-likeness (QED) is 0.727. The third-order valence-corrected chi connectivity index (χ3v) is 3.40. The lowest BCUT2D eigenvalue weighted by atomic mass is 10.1. The summed E-state index contributed by atoms with van der Waals surface area (Å²) in [6, 6.07) is 12.6. The van der Waals surface area contributed by atoms with Gasteiger partial charge in [-0.05, 0) is 50.6 Å². The second-order valence-electron chi connectivity index (χ2n) is 5.33. The number of carbonyl (C=O) groups is 1. The summed E-state index contributed by atoms with van der Waals surface area (Å²) in [5, 5.41) is 2.88. The van der Waals surface area contributed by atoms with Crippen molar-refractivity contribution in [3.63, 3.8) is 0 Å². The highest BCUT2D eigenvalue weighted by Crippen LogP contribution is 2.30. The van der Waals surface area contributed by atoms with Gasteiger partial charge in [0.2, 0.25) is 0 Å². The molecule has 5 nitrogen and oxygen atoms in total. The molecule has 1 N–H and O–H groups in total. The fourth-order valence-electron chi connectivity index (χ4n) is 2.29. The Hall–Kier alpha value is -2.69. The second kappa shape index (κ2) is 9.57. The van der Waals surface area contributed by atoms with Crippen LogP contribution in [0.15, 0.2) is 42.5 Å². The van der Waals surface area contributed by atoms with Crippen molar-refractivity contribution in [2.24, 2.45) is 0 Å². The number of nitrogens with one attached hydrogen (secondary N) is 1. The Kier molecular flexibility index (Phi) is 7.14. The molecule has 2 aromatic carbocycles. The Balaban J connectivity index is 2.20. The van der Waals surface area contributed by atoms with Crippen molar-refractivity contribution in [2.45, 2.75) is 27.2 Å². The molecule has 1 amide bonds. The van der Waals surface area contributed by atoms with E-state index in [0.29, 0.717) is 48.3 Å². The first-order valence-corrected chi connectivity index (χ1v) is 8.62. The molecular formula is C20H25NO4. The van der Waals surface area contributed by atoms with Crippen LogP contribution in [-0.4, -0.2) is 25.7 Å². The van der Waals surface area contributed by atoms with Crippen LogP contribution in [0.5, 0.6) is 17.2 Å². The first-order chi connectivity index (χ1) is 12.2. The minimum Gasteiger partial charge on any atom is -0.492 e. The Morgan fingerprint density at radius 3 is 2.32 bits per heavy atom. The largest absolute Gasteiger partial charge is 0.492 e. The van der Waals surface area contributed by atoms with Crippen LogP contribution in [-0.2, 0) is 0 Å². The minimum absolute atomic E-state index is 0.227. The van der Waals surface area contributed by atoms with E-state index in [4.69, 9.17) is 14.2 Å². The molecule has 25 heavy (non-hydrogen) atoms. The fourth-order valence-corrected chi connectivity index (χ4v) is 2.29. The van der Waals surface area contributed by atoms with Gasteiger partial charge in [0.25, 0.3) is 5.91 Å². The van der Waals surface area contributed by atoms with Crippen molar-refractivity contribution in [3.8, 4) is 17.2 Å². The van der Waals surface area contributed by atoms with Crippen LogP contribution >= 0.6 is 0 Å². The van der Waals surface area contributed by atoms with Gasteiger partial charge in [-0.1, -0.05) is 19.1 Å². The molecule has 0 saturated heterocycles. The lowest BCUT2D eigenvalue weighted by Gasteiger charge is -2.14. The second-order valence-corrected chi connectivity index (χ2v) is 5.33. The third kappa shape index (κ3) is 5.14. The molecule has 2 rings (SSSR count). The molecule has 134 valence electrons. The number of ether oxygens (including phenoxy) is 3. The minimum atomic E-state index is -0.227. The Morgan fingerprint density at radius 2 is 1.60 bits per heavy atom. The maximum Gasteiger partial charge on any atom is 0.255 e. The number of rotatable bonds is 9. The van der Waals surface area contributed by atoms with E-state index < -0.39 is 0 Å². The average molecular weight is 343 g/mol. The zero-order valence-corrected chi connectivity index (χ0v) is 15.0. The van der Waals surface area contributed by atoms with Crippen LogP contribution in [0, 0.1) is 0 Å². The monoisotopic (exact) mass is 343 g/mol. The maximum absolute atomic E-state index is 12.6. The number of amides is 1. The molecular weight excluding hydrogens is 318 g/mol. The van der Waals surface area contributed by atoms with Gasteiger partial charge >= 0.3 is 0 Å². The molecule has 0 aromatic heterocycles. The lowest BCUT2D eigenvalue weighted by Crippen LogP contribution is -2.13. The molecule has 0 unspecified atom stereocenters. The molecule has 0 aliphatic rings. The number of benzene rings is 2. The van der Waals surface area contributed by atoms with Crippen molar-refractivity contribution >= 4 is 11.6 Å². The Bertz CT molecular complexity index is 700. The number of para-hydroxylation sites is 2. The van der Waals surface area contributed by atoms with Crippen LogP contribution in [0.2, 0.25) is 0 Å². The van der Waals surface area contributed by atoms with Gasteiger partial charge in [-0.2, -0.15) is 0 Å². The molecule has 0 heterocycles. The van der Waals surface area contributed by atoms with E-state index >= 15 is 0 Å². The third-order valence-electron chi connectivity index (χ3n) is 3.40. The maximum atomic E-state index is 12.6.